The highest BCUT2D eigenvalue weighted by molar-refractivity contribution is 7.99. The molecule has 0 aliphatic carbocycles. The fourth-order valence-electron chi connectivity index (χ4n) is 4.00. The molecular formula is C39H61NOS. The molecule has 0 saturated carbocycles. The Morgan fingerprint density at radius 2 is 1.07 bits per heavy atom. The van der Waals surface area contributed by atoms with Crippen LogP contribution in [0.25, 0.3) is 0 Å². The summed E-state index contributed by atoms with van der Waals surface area (Å²) < 4.78 is 5.42. The molecule has 3 aromatic rings. The van der Waals surface area contributed by atoms with Crippen molar-refractivity contribution >= 4 is 17.4 Å². The molecule has 0 fully saturated rings. The molecule has 1 N–H and O–H groups in total. The Labute approximate surface area is 264 Å². The van der Waals surface area contributed by atoms with Crippen LogP contribution in [0, 0.1) is 17.8 Å². The molecule has 234 valence electrons. The first kappa shape index (κ1) is 37.6. The van der Waals surface area contributed by atoms with Crippen LogP contribution in [0.5, 0.6) is 5.75 Å². The number of benzene rings is 3. The van der Waals surface area contributed by atoms with E-state index < -0.39 is 0 Å². The Bertz CT molecular complexity index is 855. The van der Waals surface area contributed by atoms with Gasteiger partial charge in [0.05, 0.1) is 6.61 Å². The zero-order valence-corrected chi connectivity index (χ0v) is 29.2. The highest BCUT2D eigenvalue weighted by atomic mass is 32.2. The SMILES string of the molecule is CC(C)C.CC(C)C.CC(C)C.c1ccc2c(c1)CCCN2.c1ccc2c(c1)CCCO2.c1ccc2c(c1)CCCS2. The number of anilines is 1. The van der Waals surface area contributed by atoms with Crippen LogP contribution in [-0.2, 0) is 19.3 Å². The molecule has 3 aromatic carbocycles. The van der Waals surface area contributed by atoms with Crippen molar-refractivity contribution in [2.45, 2.75) is 106 Å². The molecule has 2 nitrogen and oxygen atoms in total. The zero-order valence-electron chi connectivity index (χ0n) is 28.3. The molecule has 3 aliphatic heterocycles. The summed E-state index contributed by atoms with van der Waals surface area (Å²) in [5, 5.41) is 3.36. The molecular weight excluding hydrogens is 531 g/mol. The lowest BCUT2D eigenvalue weighted by Crippen LogP contribution is -2.10. The van der Waals surface area contributed by atoms with Crippen molar-refractivity contribution in [1.82, 2.24) is 0 Å². The van der Waals surface area contributed by atoms with Crippen molar-refractivity contribution < 1.29 is 4.74 Å². The van der Waals surface area contributed by atoms with Gasteiger partial charge in [-0.05, 0) is 96.9 Å². The van der Waals surface area contributed by atoms with Crippen LogP contribution < -0.4 is 10.1 Å². The Hall–Kier alpha value is -2.39. The minimum absolute atomic E-state index is 0.833. The largest absolute Gasteiger partial charge is 0.493 e. The molecule has 3 aliphatic rings. The summed E-state index contributed by atoms with van der Waals surface area (Å²) >= 11 is 1.99. The molecule has 3 heteroatoms. The van der Waals surface area contributed by atoms with E-state index in [1.54, 1.807) is 5.56 Å². The third-order valence-electron chi connectivity index (χ3n) is 5.60. The first-order valence-corrected chi connectivity index (χ1v) is 17.3. The van der Waals surface area contributed by atoms with Gasteiger partial charge in [0.2, 0.25) is 0 Å². The molecule has 42 heavy (non-hydrogen) atoms. The number of hydrogen-bond acceptors (Lipinski definition) is 3. The number of fused-ring (bicyclic) bond motifs is 3. The number of aryl methyl sites for hydroxylation is 3. The van der Waals surface area contributed by atoms with Gasteiger partial charge in [-0.3, -0.25) is 0 Å². The summed E-state index contributed by atoms with van der Waals surface area (Å²) in [5.74, 6) is 4.88. The van der Waals surface area contributed by atoms with E-state index in [0.717, 1.165) is 43.1 Å². The van der Waals surface area contributed by atoms with Crippen molar-refractivity contribution in [1.29, 1.82) is 0 Å². The predicted octanol–water partition coefficient (Wildman–Crippen LogP) is 11.8. The van der Waals surface area contributed by atoms with Crippen molar-refractivity contribution in [2.75, 3.05) is 24.2 Å². The molecule has 0 spiro atoms. The van der Waals surface area contributed by atoms with Gasteiger partial charge in [-0.1, -0.05) is 117 Å². The van der Waals surface area contributed by atoms with E-state index in [0.29, 0.717) is 0 Å². The standard InChI is InChI=1S/C9H11N.C9H10O.C9H10S.3C4H10/c3*1-2-6-9-8(4-1)5-3-7-10-9;3*1-4(2)3/h1-2,4,6,10H,3,5,7H2;2*1-2,4,6H,3,5,7H2;3*4H,1-3H3. The van der Waals surface area contributed by atoms with Gasteiger partial charge in [0, 0.05) is 17.1 Å². The highest BCUT2D eigenvalue weighted by Crippen LogP contribution is 2.29. The molecule has 6 rings (SSSR count). The minimum Gasteiger partial charge on any atom is -0.493 e. The maximum absolute atomic E-state index is 5.42. The summed E-state index contributed by atoms with van der Waals surface area (Å²) in [6, 6.07) is 25.5. The van der Waals surface area contributed by atoms with Crippen LogP contribution in [0.1, 0.15) is 98.3 Å². The normalized spacial score (nSPS) is 13.9. The second-order valence-corrected chi connectivity index (χ2v) is 14.1. The fraction of sp³-hybridized carbons (Fsp3) is 0.538. The van der Waals surface area contributed by atoms with E-state index in [4.69, 9.17) is 4.74 Å². The van der Waals surface area contributed by atoms with Crippen LogP contribution in [0.4, 0.5) is 5.69 Å². The van der Waals surface area contributed by atoms with Gasteiger partial charge in [0.15, 0.2) is 0 Å². The molecule has 0 bridgehead atoms. The maximum Gasteiger partial charge on any atom is 0.122 e. The summed E-state index contributed by atoms with van der Waals surface area (Å²) in [6.07, 6.45) is 7.48. The number of rotatable bonds is 0. The predicted molar refractivity (Wildman–Crippen MR) is 191 cm³/mol. The van der Waals surface area contributed by atoms with E-state index in [-0.39, 0.29) is 0 Å². The Kier molecular flexibility index (Phi) is 20.7. The molecule has 0 aromatic heterocycles. The number of thioether (sulfide) groups is 1. The Morgan fingerprint density at radius 3 is 1.67 bits per heavy atom. The molecule has 0 saturated heterocycles. The van der Waals surface area contributed by atoms with Gasteiger partial charge in [-0.25, -0.2) is 0 Å². The fourth-order valence-corrected chi connectivity index (χ4v) is 5.04. The average Bonchev–Trinajstić information content (AvgIpc) is 2.97. The van der Waals surface area contributed by atoms with Crippen molar-refractivity contribution in [3.63, 3.8) is 0 Å². The minimum atomic E-state index is 0.833. The lowest BCUT2D eigenvalue weighted by atomic mass is 10.0. The third kappa shape index (κ3) is 18.9. The van der Waals surface area contributed by atoms with E-state index >= 15 is 0 Å². The highest BCUT2D eigenvalue weighted by Gasteiger charge is 2.08. The van der Waals surface area contributed by atoms with Gasteiger partial charge in [-0.2, -0.15) is 0 Å². The first-order chi connectivity index (χ1) is 20.1. The van der Waals surface area contributed by atoms with E-state index in [9.17, 15) is 0 Å². The summed E-state index contributed by atoms with van der Waals surface area (Å²) in [6.45, 7) is 21.5. The van der Waals surface area contributed by atoms with Crippen LogP contribution in [0.15, 0.2) is 77.7 Å². The smallest absolute Gasteiger partial charge is 0.122 e. The summed E-state index contributed by atoms with van der Waals surface area (Å²) in [7, 11) is 0. The van der Waals surface area contributed by atoms with Gasteiger partial charge < -0.3 is 10.1 Å². The molecule has 0 radical (unpaired) electrons. The zero-order chi connectivity index (χ0) is 31.2. The number of nitrogens with one attached hydrogen (secondary N) is 1. The second-order valence-electron chi connectivity index (χ2n) is 13.0. The van der Waals surface area contributed by atoms with Crippen LogP contribution in [-0.4, -0.2) is 18.9 Å². The van der Waals surface area contributed by atoms with E-state index in [1.165, 1.54) is 59.6 Å². The number of ether oxygens (including phenoxy) is 1. The van der Waals surface area contributed by atoms with Crippen molar-refractivity contribution in [3.05, 3.63) is 89.5 Å². The van der Waals surface area contributed by atoms with Gasteiger partial charge in [-0.15, -0.1) is 11.8 Å². The van der Waals surface area contributed by atoms with Gasteiger partial charge in [0.25, 0.3) is 0 Å². The second kappa shape index (κ2) is 23.1. The summed E-state index contributed by atoms with van der Waals surface area (Å²) in [4.78, 5) is 1.49. The van der Waals surface area contributed by atoms with Gasteiger partial charge in [0.1, 0.15) is 5.75 Å². The van der Waals surface area contributed by atoms with Crippen LogP contribution in [0.2, 0.25) is 0 Å². The molecule has 0 amide bonds. The van der Waals surface area contributed by atoms with E-state index in [1.807, 2.05) is 23.9 Å². The first-order valence-electron chi connectivity index (χ1n) is 16.3. The lowest BCUT2D eigenvalue weighted by molar-refractivity contribution is 0.288. The van der Waals surface area contributed by atoms with Crippen molar-refractivity contribution in [2.24, 2.45) is 17.8 Å². The summed E-state index contributed by atoms with van der Waals surface area (Å²) in [5.41, 5.74) is 5.69. The number of hydrogen-bond donors (Lipinski definition) is 1. The molecule has 0 atom stereocenters. The van der Waals surface area contributed by atoms with Crippen LogP contribution in [0.3, 0.4) is 0 Å². The van der Waals surface area contributed by atoms with Crippen molar-refractivity contribution in [3.8, 4) is 5.75 Å². The average molecular weight is 592 g/mol. The molecule has 3 heterocycles. The monoisotopic (exact) mass is 591 g/mol. The third-order valence-corrected chi connectivity index (χ3v) is 6.80. The van der Waals surface area contributed by atoms with Crippen LogP contribution >= 0.6 is 11.8 Å². The van der Waals surface area contributed by atoms with Gasteiger partial charge >= 0.3 is 0 Å². The Balaban J connectivity index is 0.000000266. The quantitative estimate of drug-likeness (QED) is 0.281. The lowest BCUT2D eigenvalue weighted by Gasteiger charge is -2.16. The maximum atomic E-state index is 5.42. The molecule has 0 unspecified atom stereocenters. The van der Waals surface area contributed by atoms with E-state index in [2.05, 4.69) is 128 Å². The Morgan fingerprint density at radius 1 is 0.571 bits per heavy atom. The topological polar surface area (TPSA) is 21.3 Å². The number of para-hydroxylation sites is 2.